The van der Waals surface area contributed by atoms with Gasteiger partial charge in [0.2, 0.25) is 11.8 Å². The number of carbonyl (C=O) groups is 2. The van der Waals surface area contributed by atoms with E-state index in [-0.39, 0.29) is 35.4 Å². The Morgan fingerprint density at radius 2 is 1.86 bits per heavy atom. The fourth-order valence-corrected chi connectivity index (χ4v) is 3.67. The van der Waals surface area contributed by atoms with Gasteiger partial charge >= 0.3 is 0 Å². The second-order valence-electron chi connectivity index (χ2n) is 7.89. The first-order valence-electron chi connectivity index (χ1n) is 10.8. The summed E-state index contributed by atoms with van der Waals surface area (Å²) in [6.45, 7) is 3.61. The second-order valence-corrected chi connectivity index (χ2v) is 7.89. The van der Waals surface area contributed by atoms with Crippen LogP contribution in [0.25, 0.3) is 5.69 Å². The molecule has 1 atom stereocenters. The van der Waals surface area contributed by atoms with Crippen LogP contribution in [0.1, 0.15) is 39.8 Å². The molecule has 2 aromatic heterocycles. The molecule has 0 aliphatic heterocycles. The van der Waals surface area contributed by atoms with Crippen molar-refractivity contribution in [1.29, 1.82) is 0 Å². The van der Waals surface area contributed by atoms with Gasteiger partial charge in [-0.25, -0.2) is 4.39 Å². The second kappa shape index (κ2) is 10.2. The number of hydrogen-bond donors (Lipinski definition) is 2. The minimum absolute atomic E-state index is 0.0104. The molecule has 0 bridgehead atoms. The van der Waals surface area contributed by atoms with Crippen molar-refractivity contribution in [3.63, 3.8) is 0 Å². The van der Waals surface area contributed by atoms with E-state index >= 15 is 0 Å². The predicted molar refractivity (Wildman–Crippen MR) is 126 cm³/mol. The van der Waals surface area contributed by atoms with Crippen LogP contribution in [0.5, 0.6) is 5.88 Å². The van der Waals surface area contributed by atoms with Crippen LogP contribution in [0.15, 0.2) is 65.2 Å². The molecule has 2 N–H and O–H groups in total. The number of nitrogens with zero attached hydrogens (tertiary/aromatic N) is 3. The molecule has 0 saturated carbocycles. The lowest BCUT2D eigenvalue weighted by Gasteiger charge is -2.20. The van der Waals surface area contributed by atoms with Crippen LogP contribution in [0.3, 0.4) is 0 Å². The average molecular weight is 477 g/mol. The van der Waals surface area contributed by atoms with E-state index in [1.54, 1.807) is 25.1 Å². The van der Waals surface area contributed by atoms with Crippen molar-refractivity contribution in [2.45, 2.75) is 26.3 Å². The van der Waals surface area contributed by atoms with E-state index in [1.165, 1.54) is 30.0 Å². The summed E-state index contributed by atoms with van der Waals surface area (Å²) in [5.74, 6) is -0.387. The van der Waals surface area contributed by atoms with Gasteiger partial charge in [-0.1, -0.05) is 41.6 Å². The number of anilines is 1. The number of aryl methyl sites for hydroxylation is 2. The number of methoxy groups -OCH3 is 1. The minimum Gasteiger partial charge on any atom is -0.481 e. The lowest BCUT2D eigenvalue weighted by atomic mass is 9.98. The van der Waals surface area contributed by atoms with Crippen LogP contribution in [-0.2, 0) is 4.79 Å². The van der Waals surface area contributed by atoms with Crippen molar-refractivity contribution < 1.29 is 23.2 Å². The van der Waals surface area contributed by atoms with E-state index in [9.17, 15) is 14.0 Å². The zero-order chi connectivity index (χ0) is 24.9. The van der Waals surface area contributed by atoms with Gasteiger partial charge in [-0.05, 0) is 37.1 Å². The van der Waals surface area contributed by atoms with Crippen LogP contribution in [-0.4, -0.2) is 33.9 Å². The highest BCUT2D eigenvalue weighted by atomic mass is 19.1. The molecule has 0 spiro atoms. The van der Waals surface area contributed by atoms with Crippen LogP contribution in [0.2, 0.25) is 0 Å². The highest BCUT2D eigenvalue weighted by Gasteiger charge is 2.24. The van der Waals surface area contributed by atoms with Gasteiger partial charge in [-0.15, -0.1) is 0 Å². The summed E-state index contributed by atoms with van der Waals surface area (Å²) in [6.07, 6.45) is -0.0618. The molecule has 2 amide bonds. The third-order valence-corrected chi connectivity index (χ3v) is 5.35. The smallest absolute Gasteiger partial charge is 0.272 e. The molecule has 0 fully saturated rings. The summed E-state index contributed by atoms with van der Waals surface area (Å²) in [4.78, 5) is 25.9. The van der Waals surface area contributed by atoms with Crippen LogP contribution >= 0.6 is 0 Å². The summed E-state index contributed by atoms with van der Waals surface area (Å²) in [5.41, 5.74) is 1.82. The number of aromatic nitrogens is 3. The van der Waals surface area contributed by atoms with Gasteiger partial charge in [0.15, 0.2) is 11.5 Å². The van der Waals surface area contributed by atoms with Crippen molar-refractivity contribution in [2.75, 3.05) is 12.4 Å². The Morgan fingerprint density at radius 3 is 2.54 bits per heavy atom. The third-order valence-electron chi connectivity index (χ3n) is 5.35. The monoisotopic (exact) mass is 477 g/mol. The number of halogens is 1. The third kappa shape index (κ3) is 5.37. The van der Waals surface area contributed by atoms with Crippen molar-refractivity contribution in [3.05, 3.63) is 89.1 Å². The van der Waals surface area contributed by atoms with Gasteiger partial charge in [0.05, 0.1) is 19.6 Å². The molecule has 2 aromatic carbocycles. The van der Waals surface area contributed by atoms with Crippen LogP contribution in [0.4, 0.5) is 10.2 Å². The van der Waals surface area contributed by atoms with E-state index in [0.29, 0.717) is 5.76 Å². The van der Waals surface area contributed by atoms with Gasteiger partial charge in [-0.2, -0.15) is 9.78 Å². The van der Waals surface area contributed by atoms with E-state index < -0.39 is 17.8 Å². The Hall–Kier alpha value is -4.47. The first-order valence-corrected chi connectivity index (χ1v) is 10.8. The molecule has 2 heterocycles. The Labute approximate surface area is 200 Å². The van der Waals surface area contributed by atoms with Gasteiger partial charge in [0.1, 0.15) is 17.3 Å². The number of ether oxygens (including phenoxy) is 1. The van der Waals surface area contributed by atoms with Crippen molar-refractivity contribution in [3.8, 4) is 11.6 Å². The maximum atomic E-state index is 14.3. The largest absolute Gasteiger partial charge is 0.481 e. The molecule has 4 rings (SSSR count). The summed E-state index contributed by atoms with van der Waals surface area (Å²) in [7, 11) is 1.40. The number of carbonyl (C=O) groups excluding carboxylic acids is 2. The molecule has 9 nitrogen and oxygen atoms in total. The Bertz CT molecular complexity index is 1360. The molecule has 0 radical (unpaired) electrons. The number of hydrogen-bond acceptors (Lipinski definition) is 6. The summed E-state index contributed by atoms with van der Waals surface area (Å²) in [6, 6.07) is 15.8. The molecule has 0 aliphatic carbocycles. The molecule has 0 saturated heterocycles. The molecule has 180 valence electrons. The van der Waals surface area contributed by atoms with Gasteiger partial charge in [0, 0.05) is 12.1 Å². The standard InChI is InChI=1S/C25H24FN5O4/c1-15-8-4-5-9-17(15)19(13-23(32)28-22-12-16(2)35-30-22)27-25(33)20-14-24(34-3)31(29-20)21-11-7-6-10-18(21)26/h4-12,14,19H,13H2,1-3H3,(H,27,33)(H,28,30,32)/t19-/m0/s1. The first kappa shape index (κ1) is 23.7. The predicted octanol–water partition coefficient (Wildman–Crippen LogP) is 4.12. The van der Waals surface area contributed by atoms with Gasteiger partial charge in [0.25, 0.3) is 5.91 Å². The normalized spacial score (nSPS) is 11.7. The van der Waals surface area contributed by atoms with E-state index in [1.807, 2.05) is 31.2 Å². The number of rotatable bonds is 8. The fraction of sp³-hybridized carbons (Fsp3) is 0.200. The SMILES string of the molecule is COc1cc(C(=O)N[C@@H](CC(=O)Nc2cc(C)on2)c2ccccc2C)nn1-c1ccccc1F. The lowest BCUT2D eigenvalue weighted by molar-refractivity contribution is -0.116. The zero-order valence-electron chi connectivity index (χ0n) is 19.4. The van der Waals surface area contributed by atoms with E-state index in [4.69, 9.17) is 9.26 Å². The summed E-state index contributed by atoms with van der Waals surface area (Å²) < 4.78 is 25.8. The zero-order valence-corrected chi connectivity index (χ0v) is 19.4. The number of para-hydroxylation sites is 1. The maximum absolute atomic E-state index is 14.3. The Kier molecular flexibility index (Phi) is 6.91. The quantitative estimate of drug-likeness (QED) is 0.395. The lowest BCUT2D eigenvalue weighted by Crippen LogP contribution is -2.32. The fourth-order valence-electron chi connectivity index (χ4n) is 3.67. The summed E-state index contributed by atoms with van der Waals surface area (Å²) >= 11 is 0. The van der Waals surface area contributed by atoms with Crippen molar-refractivity contribution in [2.24, 2.45) is 0 Å². The Balaban J connectivity index is 1.59. The van der Waals surface area contributed by atoms with Crippen molar-refractivity contribution in [1.82, 2.24) is 20.3 Å². The molecule has 35 heavy (non-hydrogen) atoms. The highest BCUT2D eigenvalue weighted by Crippen LogP contribution is 2.24. The maximum Gasteiger partial charge on any atom is 0.272 e. The number of benzene rings is 2. The topological polar surface area (TPSA) is 111 Å². The summed E-state index contributed by atoms with van der Waals surface area (Å²) in [5, 5.41) is 13.6. The molecule has 0 aliphatic rings. The average Bonchev–Trinajstić information content (AvgIpc) is 3.45. The highest BCUT2D eigenvalue weighted by molar-refractivity contribution is 5.94. The van der Waals surface area contributed by atoms with Gasteiger partial charge < -0.3 is 19.9 Å². The molecule has 10 heteroatoms. The van der Waals surface area contributed by atoms with Crippen LogP contribution in [0, 0.1) is 19.7 Å². The molecular formula is C25H24FN5O4. The number of amides is 2. The van der Waals surface area contributed by atoms with Gasteiger partial charge in [-0.3, -0.25) is 9.59 Å². The molecular weight excluding hydrogens is 453 g/mol. The van der Waals surface area contributed by atoms with E-state index in [2.05, 4.69) is 20.9 Å². The first-order chi connectivity index (χ1) is 16.9. The van der Waals surface area contributed by atoms with E-state index in [0.717, 1.165) is 11.1 Å². The molecule has 0 unspecified atom stereocenters. The Morgan fingerprint density at radius 1 is 1.11 bits per heavy atom. The van der Waals surface area contributed by atoms with Crippen LogP contribution < -0.4 is 15.4 Å². The molecule has 4 aromatic rings. The minimum atomic E-state index is -0.665. The number of nitrogens with one attached hydrogen (secondary N) is 2. The van der Waals surface area contributed by atoms with Crippen molar-refractivity contribution >= 4 is 17.6 Å².